The molecule has 0 saturated carbocycles. The fraction of sp³-hybridized carbons (Fsp3) is 0.826. The van der Waals surface area contributed by atoms with Gasteiger partial charge in [0, 0.05) is 18.5 Å². The fourth-order valence-corrected chi connectivity index (χ4v) is 4.41. The second-order valence-electron chi connectivity index (χ2n) is 8.79. The topological polar surface area (TPSA) is 58.2 Å². The number of nitrogens with one attached hydrogen (secondary N) is 2. The van der Waals surface area contributed by atoms with Crippen LogP contribution in [-0.4, -0.2) is 40.3 Å². The van der Waals surface area contributed by atoms with E-state index >= 15 is 0 Å². The van der Waals surface area contributed by atoms with E-state index in [1.54, 1.807) is 0 Å². The van der Waals surface area contributed by atoms with Gasteiger partial charge < -0.3 is 10.6 Å². The Labute approximate surface area is 178 Å². The van der Waals surface area contributed by atoms with E-state index < -0.39 is 11.1 Å². The second-order valence-corrected chi connectivity index (χ2v) is 9.57. The summed E-state index contributed by atoms with van der Waals surface area (Å²) in [5.74, 6) is 0.292. The Balaban J connectivity index is 4.37. The third kappa shape index (κ3) is 10.2. The van der Waals surface area contributed by atoms with Crippen molar-refractivity contribution < 1.29 is 9.59 Å². The molecule has 0 aromatic rings. The number of allylic oxidation sites excluding steroid dienone is 2. The highest BCUT2D eigenvalue weighted by molar-refractivity contribution is 8.13. The molecule has 0 aromatic heterocycles. The predicted molar refractivity (Wildman–Crippen MR) is 124 cm³/mol. The first-order valence-electron chi connectivity index (χ1n) is 10.8. The van der Waals surface area contributed by atoms with Crippen molar-refractivity contribution in [1.29, 1.82) is 0 Å². The van der Waals surface area contributed by atoms with Crippen LogP contribution in [0.25, 0.3) is 0 Å². The number of hydrogen-bond donors (Lipinski definition) is 2. The van der Waals surface area contributed by atoms with Crippen LogP contribution in [-0.2, 0) is 9.59 Å². The molecule has 0 aliphatic rings. The van der Waals surface area contributed by atoms with Crippen LogP contribution in [0.5, 0.6) is 0 Å². The van der Waals surface area contributed by atoms with E-state index in [-0.39, 0.29) is 11.2 Å². The van der Waals surface area contributed by atoms with Crippen molar-refractivity contribution in [2.45, 2.75) is 117 Å². The zero-order valence-corrected chi connectivity index (χ0v) is 20.3. The van der Waals surface area contributed by atoms with Crippen molar-refractivity contribution in [3.8, 4) is 0 Å². The minimum absolute atomic E-state index is 0.211. The minimum Gasteiger partial charge on any atom is -0.303 e. The standard InChI is InChI=1S/C23H44N2O2S/c1-9-20(26)22(6,24-18(2)3)16-14-12-10-11-13-15-17-23(7,21(27)28-8)25-19(4)5/h10-11,18-19,24-25H,9,12-17H2,1-8H3/b11-10+/t22-,23-/m0/s1. The fourth-order valence-electron chi connectivity index (χ4n) is 3.80. The Bertz CT molecular complexity index is 461. The van der Waals surface area contributed by atoms with Gasteiger partial charge in [-0.05, 0) is 86.3 Å². The quantitative estimate of drug-likeness (QED) is 0.284. The Morgan fingerprint density at radius 3 is 1.71 bits per heavy atom. The molecule has 2 N–H and O–H groups in total. The van der Waals surface area contributed by atoms with E-state index in [1.807, 2.05) is 27.0 Å². The number of carbonyl (C=O) groups excluding carboxylic acids is 2. The van der Waals surface area contributed by atoms with E-state index in [2.05, 4.69) is 50.5 Å². The summed E-state index contributed by atoms with van der Waals surface area (Å²) in [7, 11) is 0. The molecule has 5 heteroatoms. The highest BCUT2D eigenvalue weighted by Gasteiger charge is 2.32. The normalized spacial score (nSPS) is 16.5. The molecule has 0 saturated heterocycles. The summed E-state index contributed by atoms with van der Waals surface area (Å²) in [6, 6.07) is 0.588. The number of Topliss-reactive ketones (excluding diaryl/α,β-unsaturated/α-hetero) is 1. The van der Waals surface area contributed by atoms with Gasteiger partial charge in [0.05, 0.1) is 11.1 Å². The lowest BCUT2D eigenvalue weighted by molar-refractivity contribution is -0.125. The van der Waals surface area contributed by atoms with E-state index in [1.165, 1.54) is 11.8 Å². The Morgan fingerprint density at radius 1 is 0.893 bits per heavy atom. The van der Waals surface area contributed by atoms with Crippen LogP contribution in [0.4, 0.5) is 0 Å². The van der Waals surface area contributed by atoms with Gasteiger partial charge in [-0.15, -0.1) is 0 Å². The van der Waals surface area contributed by atoms with Crippen molar-refractivity contribution >= 4 is 22.7 Å². The van der Waals surface area contributed by atoms with Crippen molar-refractivity contribution in [3.63, 3.8) is 0 Å². The number of rotatable bonds is 15. The first kappa shape index (κ1) is 27.4. The molecule has 0 unspecified atom stereocenters. The molecule has 0 aromatic carbocycles. The Morgan fingerprint density at radius 2 is 1.32 bits per heavy atom. The van der Waals surface area contributed by atoms with Gasteiger partial charge in [0.2, 0.25) is 5.12 Å². The molecule has 164 valence electrons. The van der Waals surface area contributed by atoms with Crippen LogP contribution < -0.4 is 10.6 Å². The Hall–Kier alpha value is -0.650. The van der Waals surface area contributed by atoms with Crippen LogP contribution in [0, 0.1) is 0 Å². The lowest BCUT2D eigenvalue weighted by Crippen LogP contribution is -2.52. The SMILES string of the molecule is CCC(=O)[C@](C)(CCC/C=C/CCC[C@](C)(NC(C)C)C(=O)SC)NC(C)C. The minimum atomic E-state index is -0.452. The van der Waals surface area contributed by atoms with Gasteiger partial charge in [-0.2, -0.15) is 0 Å². The van der Waals surface area contributed by atoms with Crippen molar-refractivity contribution in [1.82, 2.24) is 10.6 Å². The molecule has 0 rings (SSSR count). The maximum Gasteiger partial charge on any atom is 0.208 e. The first-order chi connectivity index (χ1) is 13.0. The molecule has 4 nitrogen and oxygen atoms in total. The molecule has 0 aliphatic carbocycles. The van der Waals surface area contributed by atoms with Crippen LogP contribution in [0.15, 0.2) is 12.2 Å². The van der Waals surface area contributed by atoms with E-state index in [0.717, 1.165) is 38.5 Å². The van der Waals surface area contributed by atoms with Gasteiger partial charge in [0.1, 0.15) is 0 Å². The molecule has 0 amide bonds. The summed E-state index contributed by atoms with van der Waals surface area (Å²) < 4.78 is 0. The summed E-state index contributed by atoms with van der Waals surface area (Å²) in [6.07, 6.45) is 12.5. The van der Waals surface area contributed by atoms with Crippen LogP contribution in [0.3, 0.4) is 0 Å². The molecule has 0 spiro atoms. The van der Waals surface area contributed by atoms with Crippen molar-refractivity contribution in [2.75, 3.05) is 6.26 Å². The molecule has 0 radical (unpaired) electrons. The molecule has 0 bridgehead atoms. The molecule has 0 aliphatic heterocycles. The Kier molecular flexibility index (Phi) is 13.2. The summed E-state index contributed by atoms with van der Waals surface area (Å²) in [5, 5.41) is 7.10. The lowest BCUT2D eigenvalue weighted by Gasteiger charge is -2.31. The third-order valence-corrected chi connectivity index (χ3v) is 5.87. The van der Waals surface area contributed by atoms with Gasteiger partial charge in [-0.1, -0.05) is 30.8 Å². The van der Waals surface area contributed by atoms with E-state index in [9.17, 15) is 9.59 Å². The maximum absolute atomic E-state index is 12.3. The molecular formula is C23H44N2O2S. The van der Waals surface area contributed by atoms with Crippen molar-refractivity contribution in [2.24, 2.45) is 0 Å². The first-order valence-corrected chi connectivity index (χ1v) is 12.0. The summed E-state index contributed by atoms with van der Waals surface area (Å²) in [4.78, 5) is 24.6. The van der Waals surface area contributed by atoms with Crippen LogP contribution >= 0.6 is 11.8 Å². The number of hydrogen-bond acceptors (Lipinski definition) is 5. The zero-order chi connectivity index (χ0) is 21.8. The number of ketones is 1. The second kappa shape index (κ2) is 13.6. The number of thioether (sulfide) groups is 1. The zero-order valence-electron chi connectivity index (χ0n) is 19.5. The highest BCUT2D eigenvalue weighted by atomic mass is 32.2. The summed E-state index contributed by atoms with van der Waals surface area (Å²) >= 11 is 1.31. The number of carbonyl (C=O) groups is 2. The maximum atomic E-state index is 12.3. The smallest absolute Gasteiger partial charge is 0.208 e. The molecule has 0 fully saturated rings. The van der Waals surface area contributed by atoms with Gasteiger partial charge in [0.15, 0.2) is 5.78 Å². The monoisotopic (exact) mass is 412 g/mol. The van der Waals surface area contributed by atoms with Gasteiger partial charge >= 0.3 is 0 Å². The number of unbranched alkanes of at least 4 members (excludes halogenated alkanes) is 2. The van der Waals surface area contributed by atoms with E-state index in [4.69, 9.17) is 0 Å². The molecule has 2 atom stereocenters. The lowest BCUT2D eigenvalue weighted by atomic mass is 9.88. The molecule has 28 heavy (non-hydrogen) atoms. The van der Waals surface area contributed by atoms with Gasteiger partial charge in [0.25, 0.3) is 0 Å². The molecule has 0 heterocycles. The van der Waals surface area contributed by atoms with Gasteiger partial charge in [-0.25, -0.2) is 0 Å². The molecular weight excluding hydrogens is 368 g/mol. The predicted octanol–water partition coefficient (Wildman–Crippen LogP) is 5.27. The third-order valence-electron chi connectivity index (χ3n) is 5.05. The van der Waals surface area contributed by atoms with Crippen LogP contribution in [0.2, 0.25) is 0 Å². The summed E-state index contributed by atoms with van der Waals surface area (Å²) in [6.45, 7) is 14.3. The van der Waals surface area contributed by atoms with Crippen LogP contribution in [0.1, 0.15) is 93.4 Å². The van der Waals surface area contributed by atoms with Gasteiger partial charge in [-0.3, -0.25) is 9.59 Å². The van der Waals surface area contributed by atoms with Crippen molar-refractivity contribution in [3.05, 3.63) is 12.2 Å². The summed E-state index contributed by atoms with van der Waals surface area (Å²) in [5.41, 5.74) is -0.870. The highest BCUT2D eigenvalue weighted by Crippen LogP contribution is 2.22. The van der Waals surface area contributed by atoms with E-state index in [0.29, 0.717) is 18.2 Å². The average Bonchev–Trinajstić information content (AvgIpc) is 2.61. The average molecular weight is 413 g/mol. The largest absolute Gasteiger partial charge is 0.303 e.